The predicted octanol–water partition coefficient (Wildman–Crippen LogP) is 5.35. The second kappa shape index (κ2) is 11.3. The number of anilines is 1. The summed E-state index contributed by atoms with van der Waals surface area (Å²) in [6, 6.07) is 25.2. The molecule has 0 atom stereocenters. The molecule has 0 bridgehead atoms. The molecule has 1 aromatic heterocycles. The van der Waals surface area contributed by atoms with E-state index >= 15 is 0 Å². The Morgan fingerprint density at radius 2 is 1.68 bits per heavy atom. The van der Waals surface area contributed by atoms with Crippen LogP contribution in [0.4, 0.5) is 5.69 Å². The van der Waals surface area contributed by atoms with Crippen LogP contribution in [0, 0.1) is 24.3 Å². The average Bonchev–Trinajstić information content (AvgIpc) is 3.16. The first kappa shape index (κ1) is 26.6. The Morgan fingerprint density at radius 3 is 2.35 bits per heavy atom. The molecule has 0 aliphatic rings. The van der Waals surface area contributed by atoms with Crippen LogP contribution in [0.15, 0.2) is 94.9 Å². The molecule has 4 aromatic rings. The molecule has 0 saturated heterocycles. The average molecular weight is 627 g/mol. The topological polar surface area (TPSA) is 83.8 Å². The third-order valence-electron chi connectivity index (χ3n) is 5.86. The van der Waals surface area contributed by atoms with Gasteiger partial charge in [-0.05, 0) is 104 Å². The smallest absolute Gasteiger partial charge is 0.264 e. The SMILES string of the molecule is Cc1cccc(-n2c(C)cc(/C=N\NC(=O)CN(c3ccc(I)cc3)S(=O)(=O)c3ccccc3)c2C)c1. The van der Waals surface area contributed by atoms with Gasteiger partial charge in [-0.15, -0.1) is 0 Å². The van der Waals surface area contributed by atoms with E-state index < -0.39 is 22.5 Å². The minimum atomic E-state index is -3.97. The van der Waals surface area contributed by atoms with Gasteiger partial charge in [-0.2, -0.15) is 5.10 Å². The second-order valence-corrected chi connectivity index (χ2v) is 11.7. The first-order chi connectivity index (χ1) is 17.7. The maximum absolute atomic E-state index is 13.4. The van der Waals surface area contributed by atoms with Crippen LogP contribution in [-0.2, 0) is 14.8 Å². The normalized spacial score (nSPS) is 11.6. The molecule has 7 nitrogen and oxygen atoms in total. The monoisotopic (exact) mass is 626 g/mol. The van der Waals surface area contributed by atoms with Gasteiger partial charge in [0.15, 0.2) is 0 Å². The summed E-state index contributed by atoms with van der Waals surface area (Å²) < 4.78 is 31.0. The zero-order valence-electron chi connectivity index (χ0n) is 20.7. The van der Waals surface area contributed by atoms with Crippen molar-refractivity contribution in [2.75, 3.05) is 10.8 Å². The number of carbonyl (C=O) groups excluding carboxylic acids is 1. The van der Waals surface area contributed by atoms with Crippen molar-refractivity contribution >= 4 is 50.4 Å². The first-order valence-electron chi connectivity index (χ1n) is 11.6. The van der Waals surface area contributed by atoms with Gasteiger partial charge in [0.05, 0.1) is 16.8 Å². The number of nitrogens with zero attached hydrogens (tertiary/aromatic N) is 3. The lowest BCUT2D eigenvalue weighted by Crippen LogP contribution is -2.39. The lowest BCUT2D eigenvalue weighted by atomic mass is 10.2. The van der Waals surface area contributed by atoms with Gasteiger partial charge in [0.1, 0.15) is 6.54 Å². The van der Waals surface area contributed by atoms with Gasteiger partial charge in [-0.1, -0.05) is 30.3 Å². The molecule has 1 N–H and O–H groups in total. The Kier molecular flexibility index (Phi) is 8.13. The molecule has 1 heterocycles. The van der Waals surface area contributed by atoms with Gasteiger partial charge in [-0.3, -0.25) is 9.10 Å². The Hall–Kier alpha value is -3.44. The number of sulfonamides is 1. The summed E-state index contributed by atoms with van der Waals surface area (Å²) in [7, 11) is -3.97. The molecule has 190 valence electrons. The van der Waals surface area contributed by atoms with E-state index in [2.05, 4.69) is 43.8 Å². The summed E-state index contributed by atoms with van der Waals surface area (Å²) in [4.78, 5) is 12.9. The predicted molar refractivity (Wildman–Crippen MR) is 156 cm³/mol. The molecule has 4 rings (SSSR count). The number of aryl methyl sites for hydroxylation is 2. The van der Waals surface area contributed by atoms with Crippen molar-refractivity contribution in [3.8, 4) is 5.69 Å². The first-order valence-corrected chi connectivity index (χ1v) is 14.1. The molecule has 0 unspecified atom stereocenters. The minimum absolute atomic E-state index is 0.105. The Labute approximate surface area is 231 Å². The zero-order valence-corrected chi connectivity index (χ0v) is 23.7. The van der Waals surface area contributed by atoms with E-state index in [1.165, 1.54) is 12.1 Å². The quantitative estimate of drug-likeness (QED) is 0.163. The molecular weight excluding hydrogens is 599 g/mol. The summed E-state index contributed by atoms with van der Waals surface area (Å²) in [6.45, 7) is 5.63. The highest BCUT2D eigenvalue weighted by Crippen LogP contribution is 2.24. The molecule has 9 heteroatoms. The van der Waals surface area contributed by atoms with Gasteiger partial charge >= 0.3 is 0 Å². The Bertz CT molecular complexity index is 1550. The summed E-state index contributed by atoms with van der Waals surface area (Å²) >= 11 is 2.15. The van der Waals surface area contributed by atoms with Crippen LogP contribution in [-0.4, -0.2) is 31.7 Å². The third-order valence-corrected chi connectivity index (χ3v) is 8.36. The molecule has 0 radical (unpaired) electrons. The summed E-state index contributed by atoms with van der Waals surface area (Å²) in [5.41, 5.74) is 7.96. The number of hydrogen-bond donors (Lipinski definition) is 1. The fourth-order valence-corrected chi connectivity index (χ4v) is 5.87. The van der Waals surface area contributed by atoms with E-state index in [0.29, 0.717) is 5.69 Å². The van der Waals surface area contributed by atoms with E-state index in [1.54, 1.807) is 48.7 Å². The summed E-state index contributed by atoms with van der Waals surface area (Å²) in [5.74, 6) is -0.554. The van der Waals surface area contributed by atoms with Gasteiger partial charge in [0.2, 0.25) is 0 Å². The highest BCUT2D eigenvalue weighted by atomic mass is 127. The molecule has 0 aliphatic carbocycles. The van der Waals surface area contributed by atoms with E-state index in [4.69, 9.17) is 0 Å². The van der Waals surface area contributed by atoms with Crippen molar-refractivity contribution in [3.05, 3.63) is 111 Å². The van der Waals surface area contributed by atoms with E-state index in [0.717, 1.165) is 36.1 Å². The van der Waals surface area contributed by atoms with Crippen LogP contribution < -0.4 is 9.73 Å². The molecule has 0 saturated carbocycles. The highest BCUT2D eigenvalue weighted by molar-refractivity contribution is 14.1. The van der Waals surface area contributed by atoms with E-state index in [-0.39, 0.29) is 4.90 Å². The van der Waals surface area contributed by atoms with Crippen LogP contribution >= 0.6 is 22.6 Å². The molecule has 0 aliphatic heterocycles. The maximum atomic E-state index is 13.4. The number of hydrazone groups is 1. The maximum Gasteiger partial charge on any atom is 0.264 e. The number of amides is 1. The van der Waals surface area contributed by atoms with Crippen molar-refractivity contribution in [1.82, 2.24) is 9.99 Å². The number of carbonyl (C=O) groups is 1. The lowest BCUT2D eigenvalue weighted by Gasteiger charge is -2.23. The van der Waals surface area contributed by atoms with Gasteiger partial charge in [0.25, 0.3) is 15.9 Å². The fourth-order valence-electron chi connectivity index (χ4n) is 4.06. The van der Waals surface area contributed by atoms with Crippen molar-refractivity contribution < 1.29 is 13.2 Å². The van der Waals surface area contributed by atoms with Crippen LogP contribution in [0.2, 0.25) is 0 Å². The fraction of sp³-hybridized carbons (Fsp3) is 0.143. The highest BCUT2D eigenvalue weighted by Gasteiger charge is 2.27. The number of aromatic nitrogens is 1. The van der Waals surface area contributed by atoms with Gasteiger partial charge in [0, 0.05) is 26.2 Å². The molecule has 0 spiro atoms. The molecule has 3 aromatic carbocycles. The molecule has 37 heavy (non-hydrogen) atoms. The molecule has 1 amide bonds. The second-order valence-electron chi connectivity index (χ2n) is 8.60. The molecule has 0 fully saturated rings. The number of nitrogens with one attached hydrogen (secondary N) is 1. The van der Waals surface area contributed by atoms with Crippen LogP contribution in [0.5, 0.6) is 0 Å². The number of halogens is 1. The van der Waals surface area contributed by atoms with E-state index in [1.807, 2.05) is 45.0 Å². The number of benzene rings is 3. The Balaban J connectivity index is 1.54. The van der Waals surface area contributed by atoms with Crippen molar-refractivity contribution in [3.63, 3.8) is 0 Å². The van der Waals surface area contributed by atoms with Crippen LogP contribution in [0.3, 0.4) is 0 Å². The van der Waals surface area contributed by atoms with Crippen molar-refractivity contribution in [2.24, 2.45) is 5.10 Å². The lowest BCUT2D eigenvalue weighted by molar-refractivity contribution is -0.119. The van der Waals surface area contributed by atoms with Crippen molar-refractivity contribution in [2.45, 2.75) is 25.7 Å². The molecular formula is C28H27IN4O3S. The van der Waals surface area contributed by atoms with Crippen molar-refractivity contribution in [1.29, 1.82) is 0 Å². The standard InChI is InChI=1S/C28H27IN4O3S/c1-20-8-7-9-26(16-20)33-21(2)17-23(22(33)3)18-30-31-28(34)19-32(25-14-12-24(29)13-15-25)37(35,36)27-10-5-4-6-11-27/h4-18H,19H2,1-3H3,(H,31,34)/b30-18-. The van der Waals surface area contributed by atoms with Gasteiger partial charge < -0.3 is 4.57 Å². The van der Waals surface area contributed by atoms with Crippen LogP contribution in [0.25, 0.3) is 5.69 Å². The largest absolute Gasteiger partial charge is 0.318 e. The minimum Gasteiger partial charge on any atom is -0.318 e. The Morgan fingerprint density at radius 1 is 0.973 bits per heavy atom. The van der Waals surface area contributed by atoms with Gasteiger partial charge in [-0.25, -0.2) is 13.8 Å². The zero-order chi connectivity index (χ0) is 26.6. The third kappa shape index (κ3) is 6.11. The van der Waals surface area contributed by atoms with Crippen LogP contribution in [0.1, 0.15) is 22.5 Å². The number of rotatable bonds is 8. The summed E-state index contributed by atoms with van der Waals surface area (Å²) in [5, 5.41) is 4.12. The summed E-state index contributed by atoms with van der Waals surface area (Å²) in [6.07, 6.45) is 1.58. The van der Waals surface area contributed by atoms with E-state index in [9.17, 15) is 13.2 Å². The number of hydrogen-bond acceptors (Lipinski definition) is 4.